The van der Waals surface area contributed by atoms with Crippen molar-refractivity contribution in [1.29, 1.82) is 0 Å². The molecule has 9 nitrogen and oxygen atoms in total. The maximum Gasteiger partial charge on any atom is 0.247 e. The van der Waals surface area contributed by atoms with Gasteiger partial charge in [0.1, 0.15) is 18.5 Å². The first-order chi connectivity index (χ1) is 19.2. The first-order valence-corrected chi connectivity index (χ1v) is 14.0. The molecule has 1 aliphatic carbocycles. The van der Waals surface area contributed by atoms with Gasteiger partial charge in [-0.1, -0.05) is 35.9 Å². The van der Waals surface area contributed by atoms with Crippen LogP contribution in [-0.4, -0.2) is 71.7 Å². The van der Waals surface area contributed by atoms with Crippen LogP contribution < -0.4 is 14.8 Å². The van der Waals surface area contributed by atoms with E-state index in [1.54, 1.807) is 17.0 Å². The Morgan fingerprint density at radius 1 is 1.25 bits per heavy atom. The van der Waals surface area contributed by atoms with Crippen LogP contribution in [0.15, 0.2) is 60.7 Å². The van der Waals surface area contributed by atoms with E-state index >= 15 is 0 Å². The van der Waals surface area contributed by atoms with Gasteiger partial charge in [0.25, 0.3) is 0 Å². The minimum atomic E-state index is -1.20. The lowest BCUT2D eigenvalue weighted by Crippen LogP contribution is -2.54. The number of carbonyl (C=O) groups excluding carboxylic acids is 3. The van der Waals surface area contributed by atoms with Crippen LogP contribution in [0.3, 0.4) is 0 Å². The van der Waals surface area contributed by atoms with E-state index in [9.17, 15) is 24.6 Å². The number of aldehydes is 1. The van der Waals surface area contributed by atoms with E-state index in [2.05, 4.69) is 11.9 Å². The fraction of sp³-hybridized carbons (Fsp3) is 0.367. The maximum atomic E-state index is 13.5. The molecule has 40 heavy (non-hydrogen) atoms. The van der Waals surface area contributed by atoms with Gasteiger partial charge in [0.2, 0.25) is 11.8 Å². The van der Waals surface area contributed by atoms with Crippen LogP contribution in [0.4, 0.5) is 0 Å². The molecule has 3 atom stereocenters. The highest BCUT2D eigenvalue weighted by Crippen LogP contribution is 2.37. The van der Waals surface area contributed by atoms with Crippen LogP contribution in [0.5, 0.6) is 11.5 Å². The van der Waals surface area contributed by atoms with E-state index in [1.165, 1.54) is 19.3 Å². The Kier molecular flexibility index (Phi) is 11.7. The third kappa shape index (κ3) is 7.92. The molecule has 2 aromatic carbocycles. The van der Waals surface area contributed by atoms with E-state index in [0.717, 1.165) is 11.1 Å². The SMILES string of the molecule is C=CCCC(=O)N(Cc1ccc(C)cc1)C1CC(C(=O)NCCO)=CC(Oc2c(I)cc(C=O)cc2OC)C1O. The highest BCUT2D eigenvalue weighted by Gasteiger charge is 2.40. The second kappa shape index (κ2) is 15.0. The van der Waals surface area contributed by atoms with Gasteiger partial charge in [-0.25, -0.2) is 0 Å². The number of aliphatic hydroxyl groups excluding tert-OH is 2. The topological polar surface area (TPSA) is 125 Å². The zero-order chi connectivity index (χ0) is 29.2. The number of benzene rings is 2. The van der Waals surface area contributed by atoms with Crippen LogP contribution >= 0.6 is 22.6 Å². The predicted molar refractivity (Wildman–Crippen MR) is 159 cm³/mol. The van der Waals surface area contributed by atoms with Gasteiger partial charge in [0.15, 0.2) is 11.5 Å². The summed E-state index contributed by atoms with van der Waals surface area (Å²) in [6.45, 7) is 5.74. The smallest absolute Gasteiger partial charge is 0.247 e. The number of aliphatic hydroxyl groups is 2. The first-order valence-electron chi connectivity index (χ1n) is 12.9. The number of hydrogen-bond donors (Lipinski definition) is 3. The van der Waals surface area contributed by atoms with Gasteiger partial charge < -0.3 is 29.9 Å². The molecule has 0 fully saturated rings. The normalized spacial score (nSPS) is 18.3. The average Bonchev–Trinajstić information content (AvgIpc) is 2.96. The van der Waals surface area contributed by atoms with Crippen LogP contribution in [-0.2, 0) is 16.1 Å². The lowest BCUT2D eigenvalue weighted by atomic mass is 9.87. The molecule has 0 saturated heterocycles. The summed E-state index contributed by atoms with van der Waals surface area (Å²) in [6, 6.07) is 10.1. The molecule has 214 valence electrons. The van der Waals surface area contributed by atoms with E-state index in [0.29, 0.717) is 38.9 Å². The van der Waals surface area contributed by atoms with Gasteiger partial charge in [-0.3, -0.25) is 14.4 Å². The molecule has 1 aliphatic rings. The van der Waals surface area contributed by atoms with Crippen molar-refractivity contribution >= 4 is 40.7 Å². The van der Waals surface area contributed by atoms with Crippen molar-refractivity contribution in [2.24, 2.45) is 0 Å². The standard InChI is InChI=1S/C30H35IN2O7/c1-4-5-6-27(36)33(17-20-9-7-19(2)8-10-20)24-15-22(30(38)32-11-12-34)16-25(28(24)37)40-29-23(31)13-21(18-35)14-26(29)39-3/h4,7-10,13-14,16,18,24-25,28,34,37H,1,5-6,11-12,15,17H2,2-3H3,(H,32,38). The number of aryl methyl sites for hydroxylation is 1. The van der Waals surface area contributed by atoms with Crippen molar-refractivity contribution in [3.05, 3.63) is 81.0 Å². The lowest BCUT2D eigenvalue weighted by molar-refractivity contribution is -0.139. The molecule has 0 bridgehead atoms. The van der Waals surface area contributed by atoms with E-state index in [1.807, 2.05) is 53.8 Å². The van der Waals surface area contributed by atoms with Gasteiger partial charge in [0, 0.05) is 37.1 Å². The van der Waals surface area contributed by atoms with E-state index in [4.69, 9.17) is 9.47 Å². The molecule has 2 amide bonds. The maximum absolute atomic E-state index is 13.5. The summed E-state index contributed by atoms with van der Waals surface area (Å²) in [5, 5.41) is 23.5. The fourth-order valence-corrected chi connectivity index (χ4v) is 5.24. The van der Waals surface area contributed by atoms with Crippen LogP contribution in [0, 0.1) is 10.5 Å². The summed E-state index contributed by atoms with van der Waals surface area (Å²) in [7, 11) is 1.44. The average molecular weight is 663 g/mol. The van der Waals surface area contributed by atoms with Gasteiger partial charge in [-0.2, -0.15) is 0 Å². The largest absolute Gasteiger partial charge is 0.493 e. The zero-order valence-electron chi connectivity index (χ0n) is 22.6. The Morgan fingerprint density at radius 3 is 2.60 bits per heavy atom. The van der Waals surface area contributed by atoms with Gasteiger partial charge in [0.05, 0.1) is 23.3 Å². The van der Waals surface area contributed by atoms with Crippen LogP contribution in [0.2, 0.25) is 0 Å². The molecular weight excluding hydrogens is 627 g/mol. The molecule has 3 rings (SSSR count). The van der Waals surface area contributed by atoms with Crippen molar-refractivity contribution in [3.63, 3.8) is 0 Å². The number of nitrogens with zero attached hydrogens (tertiary/aromatic N) is 1. The van der Waals surface area contributed by atoms with E-state index in [-0.39, 0.29) is 38.4 Å². The summed E-state index contributed by atoms with van der Waals surface area (Å²) in [6.07, 6.45) is 2.42. The van der Waals surface area contributed by atoms with Crippen molar-refractivity contribution < 1.29 is 34.1 Å². The number of nitrogens with one attached hydrogen (secondary N) is 1. The molecule has 0 saturated carbocycles. The van der Waals surface area contributed by atoms with Crippen molar-refractivity contribution in [2.75, 3.05) is 20.3 Å². The molecule has 0 spiro atoms. The summed E-state index contributed by atoms with van der Waals surface area (Å²) in [5.41, 5.74) is 2.67. The molecule has 0 aliphatic heterocycles. The van der Waals surface area contributed by atoms with Crippen molar-refractivity contribution in [1.82, 2.24) is 10.2 Å². The number of allylic oxidation sites excluding steroid dienone is 1. The summed E-state index contributed by atoms with van der Waals surface area (Å²) in [5.74, 6) is -0.0245. The lowest BCUT2D eigenvalue weighted by Gasteiger charge is -2.40. The van der Waals surface area contributed by atoms with Crippen LogP contribution in [0.25, 0.3) is 0 Å². The number of methoxy groups -OCH3 is 1. The Hall–Kier alpha value is -3.22. The van der Waals surface area contributed by atoms with Crippen molar-refractivity contribution in [3.8, 4) is 11.5 Å². The van der Waals surface area contributed by atoms with Crippen LogP contribution in [0.1, 0.15) is 40.7 Å². The highest BCUT2D eigenvalue weighted by atomic mass is 127. The zero-order valence-corrected chi connectivity index (χ0v) is 24.8. The minimum Gasteiger partial charge on any atom is -0.493 e. The molecule has 2 aromatic rings. The summed E-state index contributed by atoms with van der Waals surface area (Å²) in [4.78, 5) is 39.5. The second-order valence-corrected chi connectivity index (χ2v) is 10.7. The van der Waals surface area contributed by atoms with Gasteiger partial charge >= 0.3 is 0 Å². The van der Waals surface area contributed by atoms with Gasteiger partial charge in [-0.05, 0) is 59.7 Å². The third-order valence-electron chi connectivity index (χ3n) is 6.61. The number of hydrogen-bond acceptors (Lipinski definition) is 7. The highest BCUT2D eigenvalue weighted by molar-refractivity contribution is 14.1. The summed E-state index contributed by atoms with van der Waals surface area (Å²) >= 11 is 2.01. The van der Waals surface area contributed by atoms with Gasteiger partial charge in [-0.15, -0.1) is 6.58 Å². The van der Waals surface area contributed by atoms with E-state index < -0.39 is 24.2 Å². The molecule has 3 N–H and O–H groups in total. The number of carbonyl (C=O) groups is 3. The Bertz CT molecular complexity index is 1250. The number of rotatable bonds is 13. The molecule has 0 radical (unpaired) electrons. The minimum absolute atomic E-state index is 0.0547. The predicted octanol–water partition coefficient (Wildman–Crippen LogP) is 3.33. The molecule has 10 heteroatoms. The second-order valence-electron chi connectivity index (χ2n) is 9.50. The molecule has 0 heterocycles. The molecule has 3 unspecified atom stereocenters. The monoisotopic (exact) mass is 662 g/mol. The Morgan fingerprint density at radius 2 is 1.98 bits per heavy atom. The number of amides is 2. The Labute approximate surface area is 248 Å². The Balaban J connectivity index is 2.04. The van der Waals surface area contributed by atoms with Crippen molar-refractivity contribution in [2.45, 2.75) is 51.0 Å². The fourth-order valence-electron chi connectivity index (χ4n) is 4.49. The first kappa shape index (κ1) is 31.3. The molecular formula is C30H35IN2O7. The number of halogens is 1. The molecule has 0 aromatic heterocycles. The number of ether oxygens (including phenoxy) is 2. The summed E-state index contributed by atoms with van der Waals surface area (Å²) < 4.78 is 12.3. The third-order valence-corrected chi connectivity index (χ3v) is 7.41. The quantitative estimate of drug-likeness (QED) is 0.171.